The molecular formula is C5H5Br2N. The maximum absolute atomic E-state index is 3.38. The molecule has 0 saturated carbocycles. The highest BCUT2D eigenvalue weighted by Crippen LogP contribution is 2.18. The maximum Gasteiger partial charge on any atom is 0.114 e. The summed E-state index contributed by atoms with van der Waals surface area (Å²) in [6.07, 6.45) is 5.84. The molecule has 0 bridgehead atoms. The summed E-state index contributed by atoms with van der Waals surface area (Å²) in [7, 11) is 0. The molecule has 0 aromatic heterocycles. The standard InChI is InChI=1S/C5H5Br2N/c6-4-2-1-3-8-5(4)7/h1-3,5,8H. The Balaban J connectivity index is 2.66. The van der Waals surface area contributed by atoms with E-state index < -0.39 is 0 Å². The molecule has 0 radical (unpaired) electrons. The van der Waals surface area contributed by atoms with Gasteiger partial charge in [-0.3, -0.25) is 0 Å². The van der Waals surface area contributed by atoms with Gasteiger partial charge in [0.05, 0.1) is 0 Å². The maximum atomic E-state index is 3.38. The number of alkyl halides is 1. The molecule has 0 aromatic carbocycles. The third kappa shape index (κ3) is 1.36. The lowest BCUT2D eigenvalue weighted by Crippen LogP contribution is -2.18. The average Bonchev–Trinajstić information content (AvgIpc) is 1.77. The fourth-order valence-electron chi connectivity index (χ4n) is 0.444. The van der Waals surface area contributed by atoms with Gasteiger partial charge in [0.2, 0.25) is 0 Å². The topological polar surface area (TPSA) is 12.0 Å². The summed E-state index contributed by atoms with van der Waals surface area (Å²) in [5.41, 5.74) is 0. The van der Waals surface area contributed by atoms with Crippen LogP contribution in [0, 0.1) is 0 Å². The van der Waals surface area contributed by atoms with Crippen LogP contribution in [0.5, 0.6) is 0 Å². The number of hydrogen-bond acceptors (Lipinski definition) is 1. The van der Waals surface area contributed by atoms with E-state index in [0.717, 1.165) is 4.48 Å². The number of nitrogens with one attached hydrogen (secondary N) is 1. The molecule has 0 saturated heterocycles. The predicted molar refractivity (Wildman–Crippen MR) is 42.0 cm³/mol. The van der Waals surface area contributed by atoms with Crippen LogP contribution in [-0.4, -0.2) is 4.95 Å². The summed E-state index contributed by atoms with van der Waals surface area (Å²) >= 11 is 6.73. The zero-order valence-corrected chi connectivity index (χ0v) is 7.24. The molecule has 0 aliphatic carbocycles. The Labute approximate surface area is 65.1 Å². The third-order valence-corrected chi connectivity index (χ3v) is 2.93. The van der Waals surface area contributed by atoms with E-state index in [-0.39, 0.29) is 4.95 Å². The minimum Gasteiger partial charge on any atom is -0.375 e. The molecule has 0 spiro atoms. The number of allylic oxidation sites excluding steroid dienone is 2. The molecule has 8 heavy (non-hydrogen) atoms. The Bertz CT molecular complexity index is 139. The number of rotatable bonds is 0. The molecule has 1 aliphatic heterocycles. The van der Waals surface area contributed by atoms with Crippen LogP contribution >= 0.6 is 31.9 Å². The SMILES string of the molecule is BrC1=CC=CNC1Br. The van der Waals surface area contributed by atoms with Crippen LogP contribution < -0.4 is 5.32 Å². The molecule has 1 atom stereocenters. The van der Waals surface area contributed by atoms with Crippen molar-refractivity contribution >= 4 is 31.9 Å². The van der Waals surface area contributed by atoms with Crippen molar-refractivity contribution in [2.45, 2.75) is 4.95 Å². The van der Waals surface area contributed by atoms with Gasteiger partial charge in [-0.25, -0.2) is 0 Å². The lowest BCUT2D eigenvalue weighted by molar-refractivity contribution is 0.919. The normalized spacial score (nSPS) is 26.8. The van der Waals surface area contributed by atoms with Crippen molar-refractivity contribution in [2.75, 3.05) is 0 Å². The van der Waals surface area contributed by atoms with Gasteiger partial charge in [0.1, 0.15) is 4.95 Å². The molecule has 44 valence electrons. The summed E-state index contributed by atoms with van der Waals surface area (Å²) in [5.74, 6) is 0. The van der Waals surface area contributed by atoms with Crippen molar-refractivity contribution in [2.24, 2.45) is 0 Å². The van der Waals surface area contributed by atoms with Crippen molar-refractivity contribution in [1.82, 2.24) is 5.32 Å². The molecule has 1 aliphatic rings. The zero-order chi connectivity index (χ0) is 5.98. The summed E-state index contributed by atoms with van der Waals surface area (Å²) in [6, 6.07) is 0. The summed E-state index contributed by atoms with van der Waals surface area (Å²) < 4.78 is 1.13. The molecule has 1 nitrogen and oxygen atoms in total. The van der Waals surface area contributed by atoms with Crippen LogP contribution in [0.1, 0.15) is 0 Å². The van der Waals surface area contributed by atoms with Gasteiger partial charge < -0.3 is 5.32 Å². The van der Waals surface area contributed by atoms with Gasteiger partial charge in [0, 0.05) is 4.48 Å². The Morgan fingerprint density at radius 1 is 1.62 bits per heavy atom. The first-order valence-corrected chi connectivity index (χ1v) is 3.94. The van der Waals surface area contributed by atoms with Gasteiger partial charge in [-0.2, -0.15) is 0 Å². The molecule has 1 N–H and O–H groups in total. The second-order valence-electron chi connectivity index (χ2n) is 1.44. The van der Waals surface area contributed by atoms with Crippen LogP contribution in [0.15, 0.2) is 22.8 Å². The van der Waals surface area contributed by atoms with E-state index >= 15 is 0 Å². The molecule has 1 unspecified atom stereocenters. The average molecular weight is 239 g/mol. The van der Waals surface area contributed by atoms with Crippen molar-refractivity contribution < 1.29 is 0 Å². The third-order valence-electron chi connectivity index (χ3n) is 0.836. The van der Waals surface area contributed by atoms with Gasteiger partial charge in [-0.15, -0.1) is 0 Å². The van der Waals surface area contributed by atoms with Crippen molar-refractivity contribution in [3.05, 3.63) is 22.8 Å². The van der Waals surface area contributed by atoms with E-state index in [9.17, 15) is 0 Å². The molecule has 1 rings (SSSR count). The van der Waals surface area contributed by atoms with Crippen molar-refractivity contribution in [3.8, 4) is 0 Å². The quantitative estimate of drug-likeness (QED) is 0.504. The molecule has 0 amide bonds. The number of halogens is 2. The van der Waals surface area contributed by atoms with Gasteiger partial charge in [-0.1, -0.05) is 31.9 Å². The second kappa shape index (κ2) is 2.69. The van der Waals surface area contributed by atoms with Crippen LogP contribution in [0.2, 0.25) is 0 Å². The van der Waals surface area contributed by atoms with Crippen LogP contribution in [0.25, 0.3) is 0 Å². The minimum absolute atomic E-state index is 0.257. The summed E-state index contributed by atoms with van der Waals surface area (Å²) in [4.78, 5) is 0.257. The van der Waals surface area contributed by atoms with Gasteiger partial charge in [0.25, 0.3) is 0 Å². The van der Waals surface area contributed by atoms with Crippen LogP contribution in [0.4, 0.5) is 0 Å². The Hall–Kier alpha value is 0.240. The largest absolute Gasteiger partial charge is 0.375 e. The Kier molecular flexibility index (Phi) is 2.14. The lowest BCUT2D eigenvalue weighted by atomic mass is 10.4. The summed E-state index contributed by atoms with van der Waals surface area (Å²) in [6.45, 7) is 0. The Morgan fingerprint density at radius 3 is 2.75 bits per heavy atom. The first kappa shape index (κ1) is 6.36. The van der Waals surface area contributed by atoms with E-state index in [4.69, 9.17) is 0 Å². The van der Waals surface area contributed by atoms with E-state index in [1.54, 1.807) is 0 Å². The molecule has 1 heterocycles. The van der Waals surface area contributed by atoms with Crippen molar-refractivity contribution in [1.29, 1.82) is 0 Å². The molecule has 3 heteroatoms. The predicted octanol–water partition coefficient (Wildman–Crippen LogP) is 2.10. The lowest BCUT2D eigenvalue weighted by Gasteiger charge is -2.11. The van der Waals surface area contributed by atoms with Crippen LogP contribution in [0.3, 0.4) is 0 Å². The smallest absolute Gasteiger partial charge is 0.114 e. The molecular weight excluding hydrogens is 234 g/mol. The van der Waals surface area contributed by atoms with E-state index in [2.05, 4.69) is 37.2 Å². The fourth-order valence-corrected chi connectivity index (χ4v) is 1.03. The highest BCUT2D eigenvalue weighted by Gasteiger charge is 2.04. The summed E-state index contributed by atoms with van der Waals surface area (Å²) in [5, 5.41) is 3.05. The highest BCUT2D eigenvalue weighted by molar-refractivity contribution is 9.14. The first-order valence-electron chi connectivity index (χ1n) is 2.23. The zero-order valence-electron chi connectivity index (χ0n) is 4.07. The molecule has 0 aromatic rings. The monoisotopic (exact) mass is 237 g/mol. The number of dihydropyridines is 1. The highest BCUT2D eigenvalue weighted by atomic mass is 79.9. The van der Waals surface area contributed by atoms with E-state index in [0.29, 0.717) is 0 Å². The van der Waals surface area contributed by atoms with Gasteiger partial charge in [-0.05, 0) is 18.4 Å². The van der Waals surface area contributed by atoms with Gasteiger partial charge in [0.15, 0.2) is 0 Å². The molecule has 0 fully saturated rings. The van der Waals surface area contributed by atoms with E-state index in [1.807, 2.05) is 18.4 Å². The number of hydrogen-bond donors (Lipinski definition) is 1. The minimum atomic E-state index is 0.257. The Morgan fingerprint density at radius 2 is 2.38 bits per heavy atom. The first-order chi connectivity index (χ1) is 3.80. The second-order valence-corrected chi connectivity index (χ2v) is 3.27. The van der Waals surface area contributed by atoms with Crippen molar-refractivity contribution in [3.63, 3.8) is 0 Å². The van der Waals surface area contributed by atoms with Crippen LogP contribution in [-0.2, 0) is 0 Å². The van der Waals surface area contributed by atoms with Gasteiger partial charge >= 0.3 is 0 Å². The van der Waals surface area contributed by atoms with E-state index in [1.165, 1.54) is 0 Å². The fraction of sp³-hybridized carbons (Fsp3) is 0.200.